The number of benzene rings is 2. The summed E-state index contributed by atoms with van der Waals surface area (Å²) in [7, 11) is 1.72. The third-order valence-corrected chi connectivity index (χ3v) is 5.98. The Bertz CT molecular complexity index is 800. The summed E-state index contributed by atoms with van der Waals surface area (Å²) in [6.07, 6.45) is 2.99. The quantitative estimate of drug-likeness (QED) is 0.834. The fraction of sp³-hybridized carbons (Fsp3) is 0.409. The van der Waals surface area contributed by atoms with Gasteiger partial charge in [0, 0.05) is 37.2 Å². The maximum absolute atomic E-state index is 12.4. The van der Waals surface area contributed by atoms with Crippen LogP contribution in [0, 0.1) is 0 Å². The van der Waals surface area contributed by atoms with E-state index in [1.54, 1.807) is 7.05 Å². The molecule has 0 aromatic heterocycles. The first kappa shape index (κ1) is 18.5. The number of likely N-dealkylation sites (tertiary alicyclic amines) is 1. The lowest BCUT2D eigenvalue weighted by atomic mass is 10.1. The van der Waals surface area contributed by atoms with Gasteiger partial charge in [-0.05, 0) is 48.1 Å². The standard InChI is InChI=1S/C22H26ClN3O/c1-24-22(27)21-12-20(14-26(21)13-15-5-4-8-18(23)9-15)25-19-10-16-6-2-3-7-17(16)11-19/h2-9,19-21,25H,10-14H2,1H3,(H,24,27)/t20-,21+/m1/s1. The van der Waals surface area contributed by atoms with Crippen LogP contribution >= 0.6 is 11.6 Å². The highest BCUT2D eigenvalue weighted by Crippen LogP contribution is 2.26. The molecule has 0 saturated carbocycles. The average molecular weight is 384 g/mol. The molecule has 27 heavy (non-hydrogen) atoms. The van der Waals surface area contributed by atoms with Gasteiger partial charge < -0.3 is 10.6 Å². The predicted molar refractivity (Wildman–Crippen MR) is 109 cm³/mol. The van der Waals surface area contributed by atoms with Gasteiger partial charge in [-0.1, -0.05) is 48.0 Å². The van der Waals surface area contributed by atoms with Gasteiger partial charge in [-0.25, -0.2) is 0 Å². The van der Waals surface area contributed by atoms with E-state index in [4.69, 9.17) is 11.6 Å². The number of nitrogens with zero attached hydrogens (tertiary/aromatic N) is 1. The van der Waals surface area contributed by atoms with Crippen LogP contribution in [0.15, 0.2) is 48.5 Å². The van der Waals surface area contributed by atoms with Gasteiger partial charge in [0.25, 0.3) is 0 Å². The molecular formula is C22H26ClN3O. The monoisotopic (exact) mass is 383 g/mol. The lowest BCUT2D eigenvalue weighted by molar-refractivity contribution is -0.125. The van der Waals surface area contributed by atoms with E-state index in [-0.39, 0.29) is 11.9 Å². The van der Waals surface area contributed by atoms with Crippen LogP contribution in [-0.2, 0) is 24.2 Å². The van der Waals surface area contributed by atoms with Crippen molar-refractivity contribution < 1.29 is 4.79 Å². The molecular weight excluding hydrogens is 358 g/mol. The van der Waals surface area contributed by atoms with Crippen LogP contribution in [0.25, 0.3) is 0 Å². The summed E-state index contributed by atoms with van der Waals surface area (Å²) < 4.78 is 0. The second-order valence-corrected chi connectivity index (χ2v) is 8.10. The van der Waals surface area contributed by atoms with E-state index >= 15 is 0 Å². The van der Waals surface area contributed by atoms with E-state index < -0.39 is 0 Å². The highest BCUT2D eigenvalue weighted by molar-refractivity contribution is 6.30. The molecule has 1 saturated heterocycles. The maximum Gasteiger partial charge on any atom is 0.237 e. The van der Waals surface area contributed by atoms with Crippen LogP contribution in [0.3, 0.4) is 0 Å². The number of hydrogen-bond acceptors (Lipinski definition) is 3. The zero-order chi connectivity index (χ0) is 18.8. The molecule has 4 nitrogen and oxygen atoms in total. The Labute approximate surface area is 165 Å². The SMILES string of the molecule is CNC(=O)[C@@H]1C[C@@H](NC2Cc3ccccc3C2)CN1Cc1cccc(Cl)c1. The molecule has 2 atom stereocenters. The molecule has 0 radical (unpaired) electrons. The van der Waals surface area contributed by atoms with Gasteiger partial charge in [0.1, 0.15) is 0 Å². The zero-order valence-corrected chi connectivity index (χ0v) is 16.4. The first-order valence-electron chi connectivity index (χ1n) is 9.65. The summed E-state index contributed by atoms with van der Waals surface area (Å²) in [4.78, 5) is 14.7. The second-order valence-electron chi connectivity index (χ2n) is 7.66. The molecule has 4 rings (SSSR count). The number of carbonyl (C=O) groups is 1. The largest absolute Gasteiger partial charge is 0.358 e. The van der Waals surface area contributed by atoms with Crippen molar-refractivity contribution in [1.82, 2.24) is 15.5 Å². The van der Waals surface area contributed by atoms with Crippen LogP contribution in [-0.4, -0.2) is 42.5 Å². The Kier molecular flexibility index (Phi) is 5.48. The maximum atomic E-state index is 12.4. The first-order valence-corrected chi connectivity index (χ1v) is 10.0. The number of halogens is 1. The minimum Gasteiger partial charge on any atom is -0.358 e. The van der Waals surface area contributed by atoms with E-state index in [1.165, 1.54) is 11.1 Å². The van der Waals surface area contributed by atoms with Crippen molar-refractivity contribution in [3.8, 4) is 0 Å². The second kappa shape index (κ2) is 8.01. The highest BCUT2D eigenvalue weighted by atomic mass is 35.5. The Morgan fingerprint density at radius 3 is 2.52 bits per heavy atom. The van der Waals surface area contributed by atoms with Crippen molar-refractivity contribution in [2.24, 2.45) is 0 Å². The Balaban J connectivity index is 1.42. The number of nitrogens with one attached hydrogen (secondary N) is 2. The minimum absolute atomic E-state index is 0.0936. The van der Waals surface area contributed by atoms with E-state index in [2.05, 4.69) is 45.9 Å². The molecule has 1 aliphatic carbocycles. The number of hydrogen-bond donors (Lipinski definition) is 2. The molecule has 2 aromatic carbocycles. The number of likely N-dealkylation sites (N-methyl/N-ethyl adjacent to an activating group) is 1. The fourth-order valence-electron chi connectivity index (χ4n) is 4.52. The molecule has 0 unspecified atom stereocenters. The third kappa shape index (κ3) is 4.18. The molecule has 0 bridgehead atoms. The summed E-state index contributed by atoms with van der Waals surface area (Å²) in [5, 5.41) is 7.38. The van der Waals surface area contributed by atoms with Crippen LogP contribution in [0.4, 0.5) is 0 Å². The number of rotatable bonds is 5. The number of amides is 1. The highest BCUT2D eigenvalue weighted by Gasteiger charge is 2.37. The molecule has 1 fully saturated rings. The smallest absolute Gasteiger partial charge is 0.237 e. The molecule has 1 aliphatic heterocycles. The summed E-state index contributed by atoms with van der Waals surface area (Å²) in [5.74, 6) is 0.0936. The minimum atomic E-state index is -0.102. The van der Waals surface area contributed by atoms with Gasteiger partial charge in [0.15, 0.2) is 0 Å². The molecule has 5 heteroatoms. The summed E-state index contributed by atoms with van der Waals surface area (Å²) in [5.41, 5.74) is 4.04. The number of carbonyl (C=O) groups excluding carboxylic acids is 1. The van der Waals surface area contributed by atoms with Crippen molar-refractivity contribution in [1.29, 1.82) is 0 Å². The predicted octanol–water partition coefficient (Wildman–Crippen LogP) is 2.79. The van der Waals surface area contributed by atoms with Gasteiger partial charge >= 0.3 is 0 Å². The summed E-state index contributed by atoms with van der Waals surface area (Å²) in [6, 6.07) is 17.3. The molecule has 0 spiro atoms. The first-order chi connectivity index (χ1) is 13.1. The van der Waals surface area contributed by atoms with Crippen LogP contribution < -0.4 is 10.6 Å². The van der Waals surface area contributed by atoms with Gasteiger partial charge in [-0.15, -0.1) is 0 Å². The van der Waals surface area contributed by atoms with Gasteiger partial charge in [0.05, 0.1) is 6.04 Å². The lowest BCUT2D eigenvalue weighted by Gasteiger charge is -2.23. The average Bonchev–Trinajstić information content (AvgIpc) is 3.24. The van der Waals surface area contributed by atoms with Crippen molar-refractivity contribution in [3.63, 3.8) is 0 Å². The van der Waals surface area contributed by atoms with Crippen molar-refractivity contribution in [2.45, 2.75) is 43.9 Å². The van der Waals surface area contributed by atoms with Crippen molar-refractivity contribution in [2.75, 3.05) is 13.6 Å². The number of fused-ring (bicyclic) bond motifs is 1. The Morgan fingerprint density at radius 1 is 1.11 bits per heavy atom. The van der Waals surface area contributed by atoms with Gasteiger partial charge in [-0.2, -0.15) is 0 Å². The van der Waals surface area contributed by atoms with Crippen LogP contribution in [0.1, 0.15) is 23.1 Å². The molecule has 2 aromatic rings. The summed E-state index contributed by atoms with van der Waals surface area (Å²) >= 11 is 6.13. The Morgan fingerprint density at radius 2 is 1.85 bits per heavy atom. The molecule has 1 amide bonds. The lowest BCUT2D eigenvalue weighted by Crippen LogP contribution is -2.41. The molecule has 2 aliphatic rings. The van der Waals surface area contributed by atoms with E-state index in [0.717, 1.165) is 42.9 Å². The topological polar surface area (TPSA) is 44.4 Å². The third-order valence-electron chi connectivity index (χ3n) is 5.75. The molecule has 2 N–H and O–H groups in total. The molecule has 142 valence electrons. The normalized spacial score (nSPS) is 22.7. The van der Waals surface area contributed by atoms with Gasteiger partial charge in [-0.3, -0.25) is 9.69 Å². The Hall–Kier alpha value is -1.88. The van der Waals surface area contributed by atoms with E-state index in [9.17, 15) is 4.79 Å². The van der Waals surface area contributed by atoms with Crippen molar-refractivity contribution >= 4 is 17.5 Å². The summed E-state index contributed by atoms with van der Waals surface area (Å²) in [6.45, 7) is 1.61. The van der Waals surface area contributed by atoms with Gasteiger partial charge in [0.2, 0.25) is 5.91 Å². The van der Waals surface area contributed by atoms with E-state index in [1.807, 2.05) is 18.2 Å². The zero-order valence-electron chi connectivity index (χ0n) is 15.6. The molecule has 1 heterocycles. The van der Waals surface area contributed by atoms with Crippen LogP contribution in [0.5, 0.6) is 0 Å². The van der Waals surface area contributed by atoms with E-state index in [0.29, 0.717) is 12.1 Å². The van der Waals surface area contributed by atoms with Crippen LogP contribution in [0.2, 0.25) is 5.02 Å². The van der Waals surface area contributed by atoms with Crippen molar-refractivity contribution in [3.05, 3.63) is 70.2 Å². The fourth-order valence-corrected chi connectivity index (χ4v) is 4.73.